The van der Waals surface area contributed by atoms with Gasteiger partial charge in [0.2, 0.25) is 0 Å². The maximum atomic E-state index is 12.2. The summed E-state index contributed by atoms with van der Waals surface area (Å²) in [6.07, 6.45) is 1.62. The van der Waals surface area contributed by atoms with E-state index >= 15 is 0 Å². The molecule has 0 radical (unpaired) electrons. The van der Waals surface area contributed by atoms with Gasteiger partial charge in [-0.25, -0.2) is 0 Å². The third-order valence-corrected chi connectivity index (χ3v) is 4.83. The molecule has 0 aromatic heterocycles. The van der Waals surface area contributed by atoms with Crippen LogP contribution in [0.2, 0.25) is 0 Å². The van der Waals surface area contributed by atoms with Gasteiger partial charge >= 0.3 is 121 Å². The first-order valence-electron chi connectivity index (χ1n) is 6.40. The van der Waals surface area contributed by atoms with E-state index in [2.05, 4.69) is 13.2 Å². The average Bonchev–Trinajstić information content (AvgIpc) is 3.08. The summed E-state index contributed by atoms with van der Waals surface area (Å²) in [5.74, 6) is -1.54. The van der Waals surface area contributed by atoms with Gasteiger partial charge in [0, 0.05) is 0 Å². The van der Waals surface area contributed by atoms with Crippen LogP contribution in [0.5, 0.6) is 0 Å². The molecule has 0 bridgehead atoms. The number of benzene rings is 1. The first-order chi connectivity index (χ1) is 9.65. The van der Waals surface area contributed by atoms with Crippen molar-refractivity contribution in [1.82, 2.24) is 0 Å². The summed E-state index contributed by atoms with van der Waals surface area (Å²) in [5.41, 5.74) is 2.24. The number of nitrogens with zero attached hydrogens (tertiary/aromatic N) is 2. The van der Waals surface area contributed by atoms with Crippen LogP contribution >= 0.6 is 0 Å². The minimum atomic E-state index is -0.808. The van der Waals surface area contributed by atoms with Crippen LogP contribution in [0.1, 0.15) is 19.3 Å². The Kier molecular flexibility index (Phi) is 3.54. The second-order valence-corrected chi connectivity index (χ2v) is 6.08. The Morgan fingerprint density at radius 1 is 1.25 bits per heavy atom. The number of nitrogens with one attached hydrogen (secondary N) is 1. The molecule has 1 aromatic rings. The number of amides is 1. The zero-order valence-corrected chi connectivity index (χ0v) is 12.3. The molecule has 0 saturated heterocycles. The summed E-state index contributed by atoms with van der Waals surface area (Å²) in [5, 5.41) is 11.8. The van der Waals surface area contributed by atoms with E-state index in [9.17, 15) is 9.59 Å². The summed E-state index contributed by atoms with van der Waals surface area (Å²) < 4.78 is 8.58. The molecule has 1 aliphatic carbocycles. The van der Waals surface area contributed by atoms with Gasteiger partial charge in [-0.2, -0.15) is 0 Å². The van der Waals surface area contributed by atoms with Crippen LogP contribution < -0.4 is 5.32 Å². The number of carbonyl (C=O) groups excluding carboxylic acids is 1. The van der Waals surface area contributed by atoms with Crippen LogP contribution in [-0.4, -0.2) is 31.6 Å². The second kappa shape index (κ2) is 5.34. The van der Waals surface area contributed by atoms with E-state index in [-0.39, 0.29) is 26.4 Å². The Labute approximate surface area is 121 Å². The first-order valence-corrected chi connectivity index (χ1v) is 7.93. The van der Waals surface area contributed by atoms with E-state index in [1.165, 1.54) is 0 Å². The molecular weight excluding hydrogens is 325 g/mol. The molecule has 2 atom stereocenters. The normalized spacial score (nSPS) is 23.2. The van der Waals surface area contributed by atoms with Crippen molar-refractivity contribution < 1.29 is 14.7 Å². The summed E-state index contributed by atoms with van der Waals surface area (Å²) >= 11 is -0.134. The van der Waals surface area contributed by atoms with Crippen molar-refractivity contribution in [3.63, 3.8) is 0 Å². The Balaban J connectivity index is 1.70. The molecule has 0 spiro atoms. The molecule has 1 amide bonds. The fraction of sp³-hybridized carbons (Fsp3) is 0.385. The first kappa shape index (κ1) is 13.3. The van der Waals surface area contributed by atoms with Crippen LogP contribution in [-0.2, 0) is 9.59 Å². The van der Waals surface area contributed by atoms with Crippen LogP contribution in [0, 0.1) is 11.8 Å². The molecule has 1 aromatic carbocycles. The van der Waals surface area contributed by atoms with Gasteiger partial charge in [0.05, 0.1) is 0 Å². The Hall–Kier alpha value is -1.72. The van der Waals surface area contributed by atoms with E-state index < -0.39 is 11.9 Å². The predicted molar refractivity (Wildman–Crippen MR) is 73.5 cm³/mol. The summed E-state index contributed by atoms with van der Waals surface area (Å²) in [4.78, 5) is 23.1. The van der Waals surface area contributed by atoms with Gasteiger partial charge in [-0.1, -0.05) is 0 Å². The summed E-state index contributed by atoms with van der Waals surface area (Å²) in [7, 11) is 0. The number of hydrogen-bond acceptors (Lipinski definition) is 4. The molecule has 1 heterocycles. The van der Waals surface area contributed by atoms with Gasteiger partial charge in [0.1, 0.15) is 0 Å². The maximum absolute atomic E-state index is 12.2. The van der Waals surface area contributed by atoms with Crippen molar-refractivity contribution >= 4 is 43.5 Å². The van der Waals surface area contributed by atoms with Crippen molar-refractivity contribution in [2.75, 3.05) is 5.32 Å². The molecule has 0 unspecified atom stereocenters. The zero-order chi connectivity index (χ0) is 14.1. The van der Waals surface area contributed by atoms with Crippen molar-refractivity contribution in [3.8, 4) is 0 Å². The van der Waals surface area contributed by atoms with Crippen molar-refractivity contribution in [1.29, 1.82) is 0 Å². The third kappa shape index (κ3) is 2.46. The topological polar surface area (TPSA) is 91.1 Å². The monoisotopic (exact) mass is 339 g/mol. The number of aliphatic carboxylic acids is 1. The van der Waals surface area contributed by atoms with E-state index in [1.807, 2.05) is 12.1 Å². The van der Waals surface area contributed by atoms with Crippen LogP contribution in [0.4, 0.5) is 17.1 Å². The molecule has 104 valence electrons. The van der Waals surface area contributed by atoms with Gasteiger partial charge in [0.15, 0.2) is 0 Å². The Morgan fingerprint density at radius 2 is 2.05 bits per heavy atom. The summed E-state index contributed by atoms with van der Waals surface area (Å²) in [6.45, 7) is 0. The molecule has 1 aliphatic heterocycles. The second-order valence-electron chi connectivity index (χ2n) is 4.97. The molecule has 3 rings (SSSR count). The minimum absolute atomic E-state index is 0.114. The van der Waals surface area contributed by atoms with Gasteiger partial charge in [-0.3, -0.25) is 0 Å². The van der Waals surface area contributed by atoms with E-state index in [0.29, 0.717) is 24.9 Å². The quantitative estimate of drug-likeness (QED) is 0.842. The Bertz CT molecular complexity index is 652. The van der Waals surface area contributed by atoms with Crippen LogP contribution in [0.15, 0.2) is 26.1 Å². The number of rotatable bonds is 3. The number of carboxylic acids is 1. The van der Waals surface area contributed by atoms with E-state index in [1.54, 1.807) is 6.07 Å². The number of carboxylic acid groups (broad SMARTS) is 1. The molecule has 1 fully saturated rings. The average molecular weight is 338 g/mol. The van der Waals surface area contributed by atoms with Gasteiger partial charge in [0.25, 0.3) is 0 Å². The molecule has 2 N–H and O–H groups in total. The fourth-order valence-corrected chi connectivity index (χ4v) is 3.74. The van der Waals surface area contributed by atoms with Crippen molar-refractivity contribution in [2.24, 2.45) is 19.8 Å². The molecule has 6 nitrogen and oxygen atoms in total. The molecule has 1 saturated carbocycles. The standard InChI is InChI=1S/C13H13N3O3Se/c17-12(7-4-5-8(6-7)13(18)19)14-9-2-1-3-10-11(9)16-20-15-10/h1-3,7-8H,4-6H2,(H,14,17)(H,18,19)/t7-,8+/m1/s1. The number of carbonyl (C=O) groups is 2. The van der Waals surface area contributed by atoms with E-state index in [4.69, 9.17) is 5.11 Å². The van der Waals surface area contributed by atoms with Gasteiger partial charge in [-0.05, 0) is 0 Å². The SMILES string of the molecule is O=C(O)[C@H]1CC[C@@H](C(=O)Nc2cccc3c2N=[Se]=N3)C1. The predicted octanol–water partition coefficient (Wildman–Crippen LogP) is 2.47. The van der Waals surface area contributed by atoms with Crippen molar-refractivity contribution in [3.05, 3.63) is 18.2 Å². The van der Waals surface area contributed by atoms with Gasteiger partial charge in [-0.15, -0.1) is 0 Å². The van der Waals surface area contributed by atoms with E-state index in [0.717, 1.165) is 11.4 Å². The summed E-state index contributed by atoms with van der Waals surface area (Å²) in [6, 6.07) is 5.52. The molecule has 2 aliphatic rings. The Morgan fingerprint density at radius 3 is 2.80 bits per heavy atom. The number of anilines is 1. The van der Waals surface area contributed by atoms with Crippen LogP contribution in [0.3, 0.4) is 0 Å². The molecule has 20 heavy (non-hydrogen) atoms. The zero-order valence-electron chi connectivity index (χ0n) is 10.6. The van der Waals surface area contributed by atoms with Gasteiger partial charge < -0.3 is 0 Å². The third-order valence-electron chi connectivity index (χ3n) is 3.70. The fourth-order valence-electron chi connectivity index (χ4n) is 2.59. The number of hydrogen-bond donors (Lipinski definition) is 2. The molecular formula is C13H13N3O3Se. The van der Waals surface area contributed by atoms with Crippen molar-refractivity contribution in [2.45, 2.75) is 19.3 Å². The molecule has 7 heteroatoms. The number of fused-ring (bicyclic) bond motifs is 1. The van der Waals surface area contributed by atoms with Crippen LogP contribution in [0.25, 0.3) is 0 Å².